The summed E-state index contributed by atoms with van der Waals surface area (Å²) in [6.45, 7) is 2.85. The van der Waals surface area contributed by atoms with Gasteiger partial charge in [0, 0.05) is 20.7 Å². The first kappa shape index (κ1) is 8.43. The number of rotatable bonds is 3. The fourth-order valence-electron chi connectivity index (χ4n) is 0.410. The molecule has 0 atom stereocenters. The zero-order valence-electron chi connectivity index (χ0n) is 6.18. The first-order valence-corrected chi connectivity index (χ1v) is 2.95. The van der Waals surface area contributed by atoms with Crippen molar-refractivity contribution < 1.29 is 9.53 Å². The molecule has 0 spiro atoms. The second kappa shape index (κ2) is 4.32. The van der Waals surface area contributed by atoms with Crippen LogP contribution in [0, 0.1) is 0 Å². The molecule has 0 fully saturated rings. The number of hydrogen-bond donors (Lipinski definition) is 0. The van der Waals surface area contributed by atoms with Crippen molar-refractivity contribution in [2.75, 3.05) is 27.3 Å². The van der Waals surface area contributed by atoms with E-state index >= 15 is 0 Å². The zero-order valence-corrected chi connectivity index (χ0v) is 6.18. The fourth-order valence-corrected chi connectivity index (χ4v) is 0.410. The fraction of sp³-hybridized carbons (Fsp3) is 0.833. The van der Waals surface area contributed by atoms with Crippen LogP contribution >= 0.6 is 0 Å². The van der Waals surface area contributed by atoms with Gasteiger partial charge in [0.15, 0.2) is 0 Å². The van der Waals surface area contributed by atoms with E-state index in [9.17, 15) is 4.79 Å². The van der Waals surface area contributed by atoms with Gasteiger partial charge in [-0.25, -0.2) is 0 Å². The molecular formula is C6H13NO2. The molecule has 54 valence electrons. The van der Waals surface area contributed by atoms with Crippen molar-refractivity contribution in [3.63, 3.8) is 0 Å². The third-order valence-electron chi connectivity index (χ3n) is 1.17. The molecule has 0 saturated carbocycles. The van der Waals surface area contributed by atoms with Crippen LogP contribution in [0.5, 0.6) is 0 Å². The Hall–Kier alpha value is -0.570. The van der Waals surface area contributed by atoms with E-state index in [1.165, 1.54) is 7.11 Å². The molecule has 0 heterocycles. The average molecular weight is 131 g/mol. The Morgan fingerprint density at radius 3 is 2.56 bits per heavy atom. The van der Waals surface area contributed by atoms with Crippen LogP contribution in [-0.2, 0) is 9.53 Å². The Kier molecular flexibility index (Phi) is 4.05. The van der Waals surface area contributed by atoms with Crippen molar-refractivity contribution in [3.05, 3.63) is 0 Å². The lowest BCUT2D eigenvalue weighted by atomic mass is 10.5. The van der Waals surface area contributed by atoms with Gasteiger partial charge < -0.3 is 9.64 Å². The molecule has 3 nitrogen and oxygen atoms in total. The molecule has 0 saturated heterocycles. The second-order valence-corrected chi connectivity index (χ2v) is 1.84. The minimum absolute atomic E-state index is 0.0278. The van der Waals surface area contributed by atoms with Crippen LogP contribution in [0.15, 0.2) is 0 Å². The predicted molar refractivity (Wildman–Crippen MR) is 35.2 cm³/mol. The summed E-state index contributed by atoms with van der Waals surface area (Å²) < 4.78 is 4.64. The molecule has 0 bridgehead atoms. The number of ether oxygens (including phenoxy) is 1. The second-order valence-electron chi connectivity index (χ2n) is 1.84. The van der Waals surface area contributed by atoms with Crippen LogP contribution in [0.2, 0.25) is 0 Å². The van der Waals surface area contributed by atoms with Gasteiger partial charge in [0.25, 0.3) is 0 Å². The molecule has 0 aliphatic heterocycles. The molecule has 0 aromatic rings. The van der Waals surface area contributed by atoms with E-state index in [1.54, 1.807) is 11.9 Å². The maximum Gasteiger partial charge on any atom is 0.248 e. The molecule has 0 aliphatic rings. The Morgan fingerprint density at radius 2 is 2.22 bits per heavy atom. The average Bonchev–Trinajstić information content (AvgIpc) is 1.87. The maximum atomic E-state index is 10.8. The van der Waals surface area contributed by atoms with Crippen LogP contribution in [0.4, 0.5) is 0 Å². The van der Waals surface area contributed by atoms with Gasteiger partial charge in [-0.2, -0.15) is 0 Å². The van der Waals surface area contributed by atoms with Gasteiger partial charge in [-0.3, -0.25) is 4.79 Å². The van der Waals surface area contributed by atoms with Crippen molar-refractivity contribution >= 4 is 5.91 Å². The summed E-state index contributed by atoms with van der Waals surface area (Å²) in [7, 11) is 3.27. The Balaban J connectivity index is 3.46. The molecule has 0 aliphatic carbocycles. The van der Waals surface area contributed by atoms with E-state index in [1.807, 2.05) is 6.92 Å². The minimum atomic E-state index is 0.0278. The van der Waals surface area contributed by atoms with Gasteiger partial charge >= 0.3 is 0 Å². The number of amides is 1. The molecule has 0 radical (unpaired) electrons. The van der Waals surface area contributed by atoms with Crippen LogP contribution in [0.25, 0.3) is 0 Å². The lowest BCUT2D eigenvalue weighted by molar-refractivity contribution is -0.133. The largest absolute Gasteiger partial charge is 0.375 e. The molecule has 0 rings (SSSR count). The van der Waals surface area contributed by atoms with Crippen molar-refractivity contribution in [2.24, 2.45) is 0 Å². The van der Waals surface area contributed by atoms with Crippen LogP contribution < -0.4 is 0 Å². The van der Waals surface area contributed by atoms with Crippen LogP contribution in [-0.4, -0.2) is 38.1 Å². The highest BCUT2D eigenvalue weighted by atomic mass is 16.5. The van der Waals surface area contributed by atoms with Crippen molar-refractivity contribution in [2.45, 2.75) is 6.92 Å². The number of likely N-dealkylation sites (N-methyl/N-ethyl adjacent to an activating group) is 1. The highest BCUT2D eigenvalue weighted by Gasteiger charge is 2.03. The number of methoxy groups -OCH3 is 1. The topological polar surface area (TPSA) is 29.5 Å². The summed E-state index contributed by atoms with van der Waals surface area (Å²) in [5, 5.41) is 0. The highest BCUT2D eigenvalue weighted by Crippen LogP contribution is 1.82. The quantitative estimate of drug-likeness (QED) is 0.544. The normalized spacial score (nSPS) is 9.22. The molecule has 0 N–H and O–H groups in total. The van der Waals surface area contributed by atoms with Crippen LogP contribution in [0.3, 0.4) is 0 Å². The first-order valence-electron chi connectivity index (χ1n) is 2.95. The van der Waals surface area contributed by atoms with E-state index in [4.69, 9.17) is 0 Å². The van der Waals surface area contributed by atoms with Gasteiger partial charge in [-0.15, -0.1) is 0 Å². The molecule has 0 aromatic carbocycles. The maximum absolute atomic E-state index is 10.8. The van der Waals surface area contributed by atoms with Crippen molar-refractivity contribution in [1.29, 1.82) is 0 Å². The molecule has 0 unspecified atom stereocenters. The van der Waals surface area contributed by atoms with Gasteiger partial charge in [-0.05, 0) is 6.92 Å². The summed E-state index contributed by atoms with van der Waals surface area (Å²) in [4.78, 5) is 12.4. The Bertz CT molecular complexity index is 93.1. The van der Waals surface area contributed by atoms with E-state index in [-0.39, 0.29) is 12.5 Å². The number of carbonyl (C=O) groups excluding carboxylic acids is 1. The summed E-state index contributed by atoms with van der Waals surface area (Å²) in [6.07, 6.45) is 0. The van der Waals surface area contributed by atoms with Gasteiger partial charge in [0.05, 0.1) is 0 Å². The third kappa shape index (κ3) is 3.08. The predicted octanol–water partition coefficient (Wildman–Crippen LogP) is 0.111. The molecule has 0 aromatic heterocycles. The van der Waals surface area contributed by atoms with Gasteiger partial charge in [-0.1, -0.05) is 0 Å². The van der Waals surface area contributed by atoms with Gasteiger partial charge in [0.2, 0.25) is 5.91 Å². The lowest BCUT2D eigenvalue weighted by Gasteiger charge is -2.12. The lowest BCUT2D eigenvalue weighted by Crippen LogP contribution is -2.29. The highest BCUT2D eigenvalue weighted by molar-refractivity contribution is 5.76. The third-order valence-corrected chi connectivity index (χ3v) is 1.17. The summed E-state index contributed by atoms with van der Waals surface area (Å²) in [5.41, 5.74) is 0. The molecular weight excluding hydrogens is 118 g/mol. The van der Waals surface area contributed by atoms with Gasteiger partial charge in [0.1, 0.15) is 6.61 Å². The summed E-state index contributed by atoms with van der Waals surface area (Å²) in [6, 6.07) is 0. The number of nitrogens with zero attached hydrogens (tertiary/aromatic N) is 1. The van der Waals surface area contributed by atoms with Crippen molar-refractivity contribution in [3.8, 4) is 0 Å². The number of hydrogen-bond acceptors (Lipinski definition) is 2. The standard InChI is InChI=1S/C6H13NO2/c1-4-7(2)6(8)5-9-3/h4-5H2,1-3H3. The van der Waals surface area contributed by atoms with E-state index in [0.717, 1.165) is 6.54 Å². The van der Waals surface area contributed by atoms with Crippen molar-refractivity contribution in [1.82, 2.24) is 4.90 Å². The summed E-state index contributed by atoms with van der Waals surface area (Å²) in [5.74, 6) is 0.0278. The van der Waals surface area contributed by atoms with Crippen LogP contribution in [0.1, 0.15) is 6.92 Å². The van der Waals surface area contributed by atoms with E-state index in [0.29, 0.717) is 0 Å². The Morgan fingerprint density at radius 1 is 1.67 bits per heavy atom. The molecule has 9 heavy (non-hydrogen) atoms. The smallest absolute Gasteiger partial charge is 0.248 e. The first-order chi connectivity index (χ1) is 4.22. The monoisotopic (exact) mass is 131 g/mol. The zero-order chi connectivity index (χ0) is 7.28. The SMILES string of the molecule is CCN(C)C(=O)COC. The summed E-state index contributed by atoms with van der Waals surface area (Å²) >= 11 is 0. The minimum Gasteiger partial charge on any atom is -0.375 e. The Labute approximate surface area is 55.6 Å². The number of carbonyl (C=O) groups is 1. The van der Waals surface area contributed by atoms with E-state index in [2.05, 4.69) is 4.74 Å². The molecule has 1 amide bonds. The molecule has 3 heteroatoms. The van der Waals surface area contributed by atoms with E-state index < -0.39 is 0 Å².